The molecule has 4 nitrogen and oxygen atoms in total. The summed E-state index contributed by atoms with van der Waals surface area (Å²) in [5.41, 5.74) is 3.48. The number of hydrogen-bond donors (Lipinski definition) is 1. The van der Waals surface area contributed by atoms with E-state index in [4.69, 9.17) is 9.47 Å². The molecule has 3 aromatic rings. The van der Waals surface area contributed by atoms with Gasteiger partial charge in [0.05, 0.1) is 7.11 Å². The van der Waals surface area contributed by atoms with E-state index in [0.717, 1.165) is 55.1 Å². The van der Waals surface area contributed by atoms with Crippen molar-refractivity contribution in [3.8, 4) is 17.2 Å². The van der Waals surface area contributed by atoms with Crippen LogP contribution in [-0.4, -0.2) is 30.2 Å². The lowest BCUT2D eigenvalue weighted by atomic mass is 10.1. The zero-order valence-electron chi connectivity index (χ0n) is 17.9. The summed E-state index contributed by atoms with van der Waals surface area (Å²) < 4.78 is 11.8. The number of phenols is 1. The van der Waals surface area contributed by atoms with E-state index in [1.165, 1.54) is 5.56 Å². The highest BCUT2D eigenvalue weighted by atomic mass is 16.5. The minimum absolute atomic E-state index is 0.306. The largest absolute Gasteiger partial charge is 0.508 e. The van der Waals surface area contributed by atoms with Gasteiger partial charge in [0.25, 0.3) is 0 Å². The van der Waals surface area contributed by atoms with Gasteiger partial charge in [-0.3, -0.25) is 4.90 Å². The number of ether oxygens (including phenoxy) is 2. The molecule has 158 valence electrons. The highest BCUT2D eigenvalue weighted by molar-refractivity contribution is 5.46. The van der Waals surface area contributed by atoms with Gasteiger partial charge in [-0.05, 0) is 48.7 Å². The lowest BCUT2D eigenvalue weighted by molar-refractivity contribution is 0.249. The van der Waals surface area contributed by atoms with E-state index in [-0.39, 0.29) is 0 Å². The van der Waals surface area contributed by atoms with Gasteiger partial charge in [0.2, 0.25) is 0 Å². The summed E-state index contributed by atoms with van der Waals surface area (Å²) >= 11 is 0. The Bertz CT molecular complexity index is 894. The number of benzene rings is 3. The van der Waals surface area contributed by atoms with E-state index in [0.29, 0.717) is 12.4 Å². The van der Waals surface area contributed by atoms with Crippen LogP contribution >= 0.6 is 0 Å². The zero-order valence-corrected chi connectivity index (χ0v) is 17.9. The number of nitrogens with zero attached hydrogens (tertiary/aromatic N) is 1. The molecule has 0 aromatic heterocycles. The van der Waals surface area contributed by atoms with Crippen molar-refractivity contribution < 1.29 is 14.6 Å². The van der Waals surface area contributed by atoms with Crippen molar-refractivity contribution in [1.82, 2.24) is 4.90 Å². The molecular weight excluding hydrogens is 374 g/mol. The van der Waals surface area contributed by atoms with Gasteiger partial charge in [0.1, 0.15) is 12.4 Å². The van der Waals surface area contributed by atoms with Gasteiger partial charge >= 0.3 is 0 Å². The Labute approximate surface area is 179 Å². The monoisotopic (exact) mass is 405 g/mol. The van der Waals surface area contributed by atoms with Crippen LogP contribution < -0.4 is 9.47 Å². The number of phenolic OH excluding ortho intramolecular Hbond substituents is 1. The van der Waals surface area contributed by atoms with Gasteiger partial charge < -0.3 is 14.6 Å². The van der Waals surface area contributed by atoms with Crippen LogP contribution in [0, 0.1) is 0 Å². The van der Waals surface area contributed by atoms with E-state index in [9.17, 15) is 5.11 Å². The molecule has 0 bridgehead atoms. The fourth-order valence-corrected chi connectivity index (χ4v) is 3.52. The molecule has 0 saturated carbocycles. The molecule has 3 aromatic carbocycles. The maximum atomic E-state index is 9.49. The van der Waals surface area contributed by atoms with Crippen LogP contribution in [0.1, 0.15) is 30.0 Å². The van der Waals surface area contributed by atoms with Crippen molar-refractivity contribution in [2.45, 2.75) is 32.9 Å². The van der Waals surface area contributed by atoms with Crippen LogP contribution in [-0.2, 0) is 19.6 Å². The van der Waals surface area contributed by atoms with Crippen molar-refractivity contribution in [3.63, 3.8) is 0 Å². The smallest absolute Gasteiger partial charge is 0.166 e. The number of para-hydroxylation sites is 1. The summed E-state index contributed by atoms with van der Waals surface area (Å²) in [6.45, 7) is 5.45. The summed E-state index contributed by atoms with van der Waals surface area (Å²) in [5, 5.41) is 9.49. The molecule has 0 radical (unpaired) electrons. The first-order chi connectivity index (χ1) is 14.7. The second-order valence-corrected chi connectivity index (χ2v) is 7.42. The molecule has 4 heteroatoms. The number of rotatable bonds is 11. The fraction of sp³-hybridized carbons (Fsp3) is 0.308. The molecule has 0 atom stereocenters. The molecule has 0 unspecified atom stereocenters. The maximum Gasteiger partial charge on any atom is 0.166 e. The molecular formula is C26H31NO3. The second-order valence-electron chi connectivity index (χ2n) is 7.42. The quantitative estimate of drug-likeness (QED) is 0.462. The van der Waals surface area contributed by atoms with Crippen LogP contribution in [0.5, 0.6) is 17.2 Å². The predicted octanol–water partition coefficient (Wildman–Crippen LogP) is 5.43. The van der Waals surface area contributed by atoms with Gasteiger partial charge in [-0.2, -0.15) is 0 Å². The molecule has 0 amide bonds. The summed E-state index contributed by atoms with van der Waals surface area (Å²) in [5.74, 6) is 1.88. The zero-order chi connectivity index (χ0) is 21.2. The van der Waals surface area contributed by atoms with E-state index < -0.39 is 0 Å². The topological polar surface area (TPSA) is 41.9 Å². The molecule has 0 aliphatic carbocycles. The van der Waals surface area contributed by atoms with Crippen LogP contribution in [0.3, 0.4) is 0 Å². The molecule has 30 heavy (non-hydrogen) atoms. The van der Waals surface area contributed by atoms with Crippen molar-refractivity contribution in [2.75, 3.05) is 20.2 Å². The van der Waals surface area contributed by atoms with E-state index >= 15 is 0 Å². The van der Waals surface area contributed by atoms with Crippen molar-refractivity contribution >= 4 is 0 Å². The minimum atomic E-state index is 0.306. The highest BCUT2D eigenvalue weighted by Crippen LogP contribution is 2.33. The lowest BCUT2D eigenvalue weighted by Gasteiger charge is -2.24. The second kappa shape index (κ2) is 11.3. The van der Waals surface area contributed by atoms with Crippen LogP contribution in [0.4, 0.5) is 0 Å². The Morgan fingerprint density at radius 2 is 1.60 bits per heavy atom. The average molecular weight is 406 g/mol. The Kier molecular flexibility index (Phi) is 8.16. The SMILES string of the molecule is CCCN(CCc1ccc(O)cc1)Cc1cccc(OC)c1OCc1ccccc1. The van der Waals surface area contributed by atoms with Gasteiger partial charge in [0.15, 0.2) is 11.5 Å². The van der Waals surface area contributed by atoms with Gasteiger partial charge in [-0.15, -0.1) is 0 Å². The fourth-order valence-electron chi connectivity index (χ4n) is 3.52. The summed E-state index contributed by atoms with van der Waals surface area (Å²) in [7, 11) is 1.68. The molecule has 0 aliphatic rings. The summed E-state index contributed by atoms with van der Waals surface area (Å²) in [6, 6.07) is 23.7. The Morgan fingerprint density at radius 3 is 2.30 bits per heavy atom. The van der Waals surface area contributed by atoms with Crippen LogP contribution in [0.15, 0.2) is 72.8 Å². The predicted molar refractivity (Wildman–Crippen MR) is 121 cm³/mol. The van der Waals surface area contributed by atoms with Crippen LogP contribution in [0.2, 0.25) is 0 Å². The van der Waals surface area contributed by atoms with Crippen LogP contribution in [0.25, 0.3) is 0 Å². The highest BCUT2D eigenvalue weighted by Gasteiger charge is 2.14. The standard InChI is InChI=1S/C26H31NO3/c1-3-17-27(18-16-21-12-14-24(28)15-13-21)19-23-10-7-11-25(29-2)26(23)30-20-22-8-5-4-6-9-22/h4-15,28H,3,16-20H2,1-2H3. The Morgan fingerprint density at radius 1 is 0.833 bits per heavy atom. The van der Waals surface area contributed by atoms with Gasteiger partial charge in [0, 0.05) is 18.7 Å². The molecule has 0 fully saturated rings. The third-order valence-corrected chi connectivity index (χ3v) is 5.09. The molecule has 0 heterocycles. The normalized spacial score (nSPS) is 10.9. The molecule has 0 saturated heterocycles. The average Bonchev–Trinajstić information content (AvgIpc) is 2.78. The van der Waals surface area contributed by atoms with Crippen molar-refractivity contribution in [2.24, 2.45) is 0 Å². The molecule has 1 N–H and O–H groups in total. The Balaban J connectivity index is 1.72. The Hall–Kier alpha value is -2.98. The minimum Gasteiger partial charge on any atom is -0.508 e. The number of aromatic hydroxyl groups is 1. The number of methoxy groups -OCH3 is 1. The molecule has 3 rings (SSSR count). The summed E-state index contributed by atoms with van der Waals surface area (Å²) in [6.07, 6.45) is 2.02. The first kappa shape index (κ1) is 21.7. The summed E-state index contributed by atoms with van der Waals surface area (Å²) in [4.78, 5) is 2.44. The van der Waals surface area contributed by atoms with Gasteiger partial charge in [-0.1, -0.05) is 61.5 Å². The maximum absolute atomic E-state index is 9.49. The third kappa shape index (κ3) is 6.26. The van der Waals surface area contributed by atoms with Gasteiger partial charge in [-0.25, -0.2) is 0 Å². The van der Waals surface area contributed by atoms with E-state index in [1.807, 2.05) is 42.5 Å². The molecule has 0 spiro atoms. The van der Waals surface area contributed by atoms with Crippen molar-refractivity contribution in [1.29, 1.82) is 0 Å². The number of hydrogen-bond acceptors (Lipinski definition) is 4. The van der Waals surface area contributed by atoms with E-state index in [1.54, 1.807) is 19.2 Å². The van der Waals surface area contributed by atoms with E-state index in [2.05, 4.69) is 30.0 Å². The van der Waals surface area contributed by atoms with Crippen molar-refractivity contribution in [3.05, 3.63) is 89.5 Å². The third-order valence-electron chi connectivity index (χ3n) is 5.09. The first-order valence-electron chi connectivity index (χ1n) is 10.5. The first-order valence-corrected chi connectivity index (χ1v) is 10.5. The lowest BCUT2D eigenvalue weighted by Crippen LogP contribution is -2.27. The molecule has 0 aliphatic heterocycles.